The number of nitrogens with one attached hydrogen (secondary N) is 2. The van der Waals surface area contributed by atoms with E-state index in [1.54, 1.807) is 6.20 Å². The van der Waals surface area contributed by atoms with Crippen molar-refractivity contribution in [2.45, 2.75) is 37.8 Å². The van der Waals surface area contributed by atoms with Gasteiger partial charge in [0.05, 0.1) is 5.69 Å². The Morgan fingerprint density at radius 3 is 3.00 bits per heavy atom. The quantitative estimate of drug-likeness (QED) is 0.673. The maximum absolute atomic E-state index is 6.34. The first-order chi connectivity index (χ1) is 11.7. The molecule has 0 aromatic carbocycles. The van der Waals surface area contributed by atoms with E-state index in [1.165, 1.54) is 12.8 Å². The molecule has 0 aliphatic heterocycles. The molecule has 4 rings (SSSR count). The molecule has 24 heavy (non-hydrogen) atoms. The van der Waals surface area contributed by atoms with Gasteiger partial charge in [-0.3, -0.25) is 0 Å². The minimum Gasteiger partial charge on any atom is -0.366 e. The van der Waals surface area contributed by atoms with Crippen LogP contribution in [0.5, 0.6) is 0 Å². The second-order valence-electron chi connectivity index (χ2n) is 6.36. The molecule has 3 heterocycles. The number of pyridine rings is 2. The number of nitrogens with zero attached hydrogens (tertiary/aromatic N) is 2. The summed E-state index contributed by atoms with van der Waals surface area (Å²) in [5, 5.41) is 5.17. The van der Waals surface area contributed by atoms with E-state index in [1.807, 2.05) is 30.5 Å². The van der Waals surface area contributed by atoms with Gasteiger partial charge in [0.25, 0.3) is 0 Å². The van der Waals surface area contributed by atoms with E-state index in [0.29, 0.717) is 5.02 Å². The average molecular weight is 342 g/mol. The zero-order valence-electron chi connectivity index (χ0n) is 13.3. The van der Waals surface area contributed by atoms with Gasteiger partial charge in [-0.25, -0.2) is 9.97 Å². The van der Waals surface area contributed by atoms with Gasteiger partial charge in [0.15, 0.2) is 0 Å². The number of halogens is 1. The van der Waals surface area contributed by atoms with Crippen molar-refractivity contribution in [3.05, 3.63) is 41.7 Å². The zero-order valence-corrected chi connectivity index (χ0v) is 14.1. The summed E-state index contributed by atoms with van der Waals surface area (Å²) in [5.41, 5.74) is 8.91. The SMILES string of the molecule is NC1CCCCC1Nc1cc(Cl)cc(-c2c[nH]c3ncccc23)n1. The van der Waals surface area contributed by atoms with Crippen molar-refractivity contribution in [1.29, 1.82) is 0 Å². The first-order valence-electron chi connectivity index (χ1n) is 8.33. The molecule has 1 aliphatic carbocycles. The van der Waals surface area contributed by atoms with Crippen LogP contribution >= 0.6 is 11.6 Å². The molecule has 5 nitrogen and oxygen atoms in total. The fraction of sp³-hybridized carbons (Fsp3) is 0.333. The van der Waals surface area contributed by atoms with Gasteiger partial charge in [-0.05, 0) is 37.1 Å². The van der Waals surface area contributed by atoms with E-state index in [2.05, 4.69) is 15.3 Å². The average Bonchev–Trinajstić information content (AvgIpc) is 3.01. The number of aromatic nitrogens is 3. The van der Waals surface area contributed by atoms with Crippen LogP contribution in [-0.2, 0) is 0 Å². The number of rotatable bonds is 3. The van der Waals surface area contributed by atoms with Crippen molar-refractivity contribution in [1.82, 2.24) is 15.0 Å². The van der Waals surface area contributed by atoms with Gasteiger partial charge in [0.2, 0.25) is 0 Å². The highest BCUT2D eigenvalue weighted by Crippen LogP contribution is 2.30. The summed E-state index contributed by atoms with van der Waals surface area (Å²) in [4.78, 5) is 12.3. The molecule has 3 aromatic heterocycles. The molecule has 0 saturated heterocycles. The summed E-state index contributed by atoms with van der Waals surface area (Å²) >= 11 is 6.34. The molecule has 0 bridgehead atoms. The Hall–Kier alpha value is -2.11. The summed E-state index contributed by atoms with van der Waals surface area (Å²) in [5.74, 6) is 0.776. The zero-order chi connectivity index (χ0) is 16.5. The van der Waals surface area contributed by atoms with Gasteiger partial charge in [0, 0.05) is 40.4 Å². The second kappa shape index (κ2) is 6.42. The van der Waals surface area contributed by atoms with Crippen LogP contribution in [-0.4, -0.2) is 27.0 Å². The van der Waals surface area contributed by atoms with Crippen LogP contribution in [0, 0.1) is 0 Å². The maximum atomic E-state index is 6.34. The highest BCUT2D eigenvalue weighted by atomic mass is 35.5. The number of fused-ring (bicyclic) bond motifs is 1. The molecule has 3 aromatic rings. The Bertz CT molecular complexity index is 859. The van der Waals surface area contributed by atoms with Gasteiger partial charge < -0.3 is 16.0 Å². The van der Waals surface area contributed by atoms with Crippen LogP contribution in [0.3, 0.4) is 0 Å². The second-order valence-corrected chi connectivity index (χ2v) is 6.79. The monoisotopic (exact) mass is 341 g/mol. The Morgan fingerprint density at radius 2 is 2.12 bits per heavy atom. The van der Waals surface area contributed by atoms with E-state index in [4.69, 9.17) is 22.3 Å². The molecule has 0 amide bonds. The van der Waals surface area contributed by atoms with E-state index in [0.717, 1.165) is 41.0 Å². The van der Waals surface area contributed by atoms with E-state index >= 15 is 0 Å². The number of anilines is 1. The third-order valence-electron chi connectivity index (χ3n) is 4.67. The molecule has 124 valence electrons. The number of H-pyrrole nitrogens is 1. The summed E-state index contributed by atoms with van der Waals surface area (Å²) < 4.78 is 0. The first-order valence-corrected chi connectivity index (χ1v) is 8.71. The summed E-state index contributed by atoms with van der Waals surface area (Å²) in [6.07, 6.45) is 8.22. The fourth-order valence-corrected chi connectivity index (χ4v) is 3.61. The van der Waals surface area contributed by atoms with Crippen LogP contribution < -0.4 is 11.1 Å². The Morgan fingerprint density at radius 1 is 1.25 bits per heavy atom. The van der Waals surface area contributed by atoms with Crippen LogP contribution in [0.15, 0.2) is 36.7 Å². The van der Waals surface area contributed by atoms with Gasteiger partial charge in [-0.1, -0.05) is 24.4 Å². The molecule has 2 atom stereocenters. The minimum atomic E-state index is 0.167. The van der Waals surface area contributed by atoms with Crippen molar-refractivity contribution in [3.63, 3.8) is 0 Å². The van der Waals surface area contributed by atoms with Crippen molar-refractivity contribution < 1.29 is 0 Å². The van der Waals surface area contributed by atoms with Crippen molar-refractivity contribution in [2.75, 3.05) is 5.32 Å². The lowest BCUT2D eigenvalue weighted by Crippen LogP contribution is -2.42. The lowest BCUT2D eigenvalue weighted by molar-refractivity contribution is 0.403. The van der Waals surface area contributed by atoms with Crippen molar-refractivity contribution in [2.24, 2.45) is 5.73 Å². The molecule has 4 N–H and O–H groups in total. The third-order valence-corrected chi connectivity index (χ3v) is 4.89. The molecule has 1 saturated carbocycles. The van der Waals surface area contributed by atoms with Gasteiger partial charge in [0.1, 0.15) is 11.5 Å². The Labute approximate surface area is 145 Å². The minimum absolute atomic E-state index is 0.167. The van der Waals surface area contributed by atoms with Crippen molar-refractivity contribution in [3.8, 4) is 11.3 Å². The molecule has 2 unspecified atom stereocenters. The molecule has 0 spiro atoms. The van der Waals surface area contributed by atoms with Gasteiger partial charge in [-0.15, -0.1) is 0 Å². The van der Waals surface area contributed by atoms with E-state index in [9.17, 15) is 0 Å². The Balaban J connectivity index is 1.68. The predicted molar refractivity (Wildman–Crippen MR) is 98.2 cm³/mol. The summed E-state index contributed by atoms with van der Waals surface area (Å²) in [6.45, 7) is 0. The van der Waals surface area contributed by atoms with Gasteiger partial charge in [-0.2, -0.15) is 0 Å². The topological polar surface area (TPSA) is 79.6 Å². The highest BCUT2D eigenvalue weighted by Gasteiger charge is 2.22. The molecular weight excluding hydrogens is 322 g/mol. The lowest BCUT2D eigenvalue weighted by atomic mass is 9.91. The smallest absolute Gasteiger partial charge is 0.137 e. The number of hydrogen-bond acceptors (Lipinski definition) is 4. The lowest BCUT2D eigenvalue weighted by Gasteiger charge is -2.29. The van der Waals surface area contributed by atoms with Crippen LogP contribution in [0.2, 0.25) is 5.02 Å². The van der Waals surface area contributed by atoms with Gasteiger partial charge >= 0.3 is 0 Å². The number of nitrogens with two attached hydrogens (primary N) is 1. The first kappa shape index (κ1) is 15.4. The molecular formula is C18H20ClN5. The summed E-state index contributed by atoms with van der Waals surface area (Å²) in [7, 11) is 0. The molecule has 6 heteroatoms. The molecule has 1 fully saturated rings. The normalized spacial score (nSPS) is 21.1. The highest BCUT2D eigenvalue weighted by molar-refractivity contribution is 6.31. The van der Waals surface area contributed by atoms with Crippen molar-refractivity contribution >= 4 is 28.5 Å². The summed E-state index contributed by atoms with van der Waals surface area (Å²) in [6, 6.07) is 8.11. The third kappa shape index (κ3) is 2.97. The van der Waals surface area contributed by atoms with E-state index < -0.39 is 0 Å². The predicted octanol–water partition coefficient (Wildman–Crippen LogP) is 3.96. The van der Waals surface area contributed by atoms with E-state index in [-0.39, 0.29) is 12.1 Å². The standard InChI is InChI=1S/C18H20ClN5/c19-11-8-16(13-10-22-18-12(13)4-3-7-21-18)24-17(9-11)23-15-6-2-1-5-14(15)20/h3-4,7-10,14-15H,1-2,5-6,20H2,(H,21,22)(H,23,24). The van der Waals surface area contributed by atoms with Crippen LogP contribution in [0.25, 0.3) is 22.3 Å². The number of hydrogen-bond donors (Lipinski definition) is 3. The molecule has 1 aliphatic rings. The molecule has 0 radical (unpaired) electrons. The Kier molecular flexibility index (Phi) is 4.12. The van der Waals surface area contributed by atoms with Crippen LogP contribution in [0.1, 0.15) is 25.7 Å². The fourth-order valence-electron chi connectivity index (χ4n) is 3.41. The largest absolute Gasteiger partial charge is 0.366 e. The maximum Gasteiger partial charge on any atom is 0.137 e. The van der Waals surface area contributed by atoms with Crippen LogP contribution in [0.4, 0.5) is 5.82 Å². The number of aromatic amines is 1.